The molecule has 0 aliphatic rings. The van der Waals surface area contributed by atoms with E-state index in [9.17, 15) is 9.18 Å². The maximum atomic E-state index is 13.8. The summed E-state index contributed by atoms with van der Waals surface area (Å²) in [5.74, 6) is 0.121. The van der Waals surface area contributed by atoms with E-state index in [1.54, 1.807) is 42.7 Å². The summed E-state index contributed by atoms with van der Waals surface area (Å²) in [5.41, 5.74) is 1.97. The second-order valence-corrected chi connectivity index (χ2v) is 7.60. The summed E-state index contributed by atoms with van der Waals surface area (Å²) >= 11 is 0. The van der Waals surface area contributed by atoms with E-state index >= 15 is 0 Å². The molecule has 0 atom stereocenters. The fraction of sp³-hybridized carbons (Fsp3) is 0.167. The van der Waals surface area contributed by atoms with Gasteiger partial charge in [-0.05, 0) is 49.7 Å². The van der Waals surface area contributed by atoms with Crippen LogP contribution in [0.25, 0.3) is 5.65 Å². The Morgan fingerprint density at radius 3 is 2.77 bits per heavy atom. The van der Waals surface area contributed by atoms with Crippen LogP contribution in [-0.2, 0) is 12.1 Å². The fourth-order valence-electron chi connectivity index (χ4n) is 3.23. The van der Waals surface area contributed by atoms with Crippen molar-refractivity contribution in [3.05, 3.63) is 102 Å². The summed E-state index contributed by atoms with van der Waals surface area (Å²) in [4.78, 5) is 17.0. The summed E-state index contributed by atoms with van der Waals surface area (Å²) < 4.78 is 21.4. The van der Waals surface area contributed by atoms with Crippen LogP contribution in [0.1, 0.15) is 35.3 Å². The number of nitrogens with one attached hydrogen (secondary N) is 1. The van der Waals surface area contributed by atoms with Crippen molar-refractivity contribution in [2.45, 2.75) is 26.0 Å². The molecule has 1 N–H and O–H groups in total. The van der Waals surface area contributed by atoms with Gasteiger partial charge in [0.05, 0.1) is 5.54 Å². The van der Waals surface area contributed by atoms with Gasteiger partial charge in [-0.25, -0.2) is 9.37 Å². The molecule has 0 fully saturated rings. The lowest BCUT2D eigenvalue weighted by atomic mass is 9.93. The molecule has 2 aromatic heterocycles. The Bertz CT molecular complexity index is 1200. The fourth-order valence-corrected chi connectivity index (χ4v) is 3.23. The second kappa shape index (κ2) is 7.99. The maximum Gasteiger partial charge on any atom is 0.252 e. The molecule has 0 bridgehead atoms. The highest BCUT2D eigenvalue weighted by atomic mass is 19.1. The Morgan fingerprint density at radius 1 is 1.10 bits per heavy atom. The molecule has 4 rings (SSSR count). The average Bonchev–Trinajstić information content (AvgIpc) is 3.21. The molecule has 0 saturated heterocycles. The van der Waals surface area contributed by atoms with Gasteiger partial charge in [0.15, 0.2) is 0 Å². The smallest absolute Gasteiger partial charge is 0.252 e. The van der Waals surface area contributed by atoms with Gasteiger partial charge in [0.25, 0.3) is 5.91 Å². The highest BCUT2D eigenvalue weighted by Crippen LogP contribution is 2.25. The van der Waals surface area contributed by atoms with Gasteiger partial charge in [0, 0.05) is 29.7 Å². The number of ether oxygens (including phenoxy) is 1. The molecule has 2 heterocycles. The Hall–Kier alpha value is -3.67. The Kier molecular flexibility index (Phi) is 5.23. The lowest BCUT2D eigenvalue weighted by Gasteiger charge is -2.27. The van der Waals surface area contributed by atoms with E-state index in [1.807, 2.05) is 48.7 Å². The molecule has 6 heteroatoms. The molecule has 152 valence electrons. The number of halogens is 1. The van der Waals surface area contributed by atoms with Gasteiger partial charge in [-0.2, -0.15) is 0 Å². The number of amides is 1. The summed E-state index contributed by atoms with van der Waals surface area (Å²) in [7, 11) is 0. The van der Waals surface area contributed by atoms with Crippen molar-refractivity contribution in [2.24, 2.45) is 0 Å². The molecule has 30 heavy (non-hydrogen) atoms. The topological polar surface area (TPSA) is 55.6 Å². The van der Waals surface area contributed by atoms with Crippen molar-refractivity contribution < 1.29 is 13.9 Å². The number of pyridine rings is 1. The Balaban J connectivity index is 1.48. The highest BCUT2D eigenvalue weighted by Gasteiger charge is 2.24. The maximum absolute atomic E-state index is 13.8. The number of fused-ring (bicyclic) bond motifs is 1. The second-order valence-electron chi connectivity index (χ2n) is 7.60. The van der Waals surface area contributed by atoms with Crippen LogP contribution in [0.5, 0.6) is 5.75 Å². The lowest BCUT2D eigenvalue weighted by molar-refractivity contribution is 0.0912. The quantitative estimate of drug-likeness (QED) is 0.507. The zero-order valence-electron chi connectivity index (χ0n) is 16.8. The minimum Gasteiger partial charge on any atom is -0.489 e. The van der Waals surface area contributed by atoms with Crippen LogP contribution in [0.4, 0.5) is 4.39 Å². The molecule has 0 aliphatic carbocycles. The summed E-state index contributed by atoms with van der Waals surface area (Å²) in [6.07, 6.45) is 5.32. The van der Waals surface area contributed by atoms with Gasteiger partial charge < -0.3 is 14.5 Å². The van der Waals surface area contributed by atoms with Gasteiger partial charge in [-0.3, -0.25) is 4.79 Å². The molecule has 0 spiro atoms. The normalized spacial score (nSPS) is 11.4. The van der Waals surface area contributed by atoms with Crippen molar-refractivity contribution in [1.82, 2.24) is 14.7 Å². The van der Waals surface area contributed by atoms with Gasteiger partial charge in [0.2, 0.25) is 0 Å². The van der Waals surface area contributed by atoms with Crippen molar-refractivity contribution in [2.75, 3.05) is 0 Å². The van der Waals surface area contributed by atoms with Gasteiger partial charge in [0.1, 0.15) is 23.8 Å². The number of aromatic nitrogens is 2. The van der Waals surface area contributed by atoms with E-state index in [0.29, 0.717) is 22.5 Å². The van der Waals surface area contributed by atoms with E-state index in [-0.39, 0.29) is 18.3 Å². The monoisotopic (exact) mass is 403 g/mol. The summed E-state index contributed by atoms with van der Waals surface area (Å²) in [5, 5.41) is 3.06. The molecular weight excluding hydrogens is 381 g/mol. The summed E-state index contributed by atoms with van der Waals surface area (Å²) in [6.45, 7) is 3.98. The first-order valence-corrected chi connectivity index (χ1v) is 9.64. The van der Waals surface area contributed by atoms with Crippen LogP contribution in [-0.4, -0.2) is 15.3 Å². The van der Waals surface area contributed by atoms with Gasteiger partial charge >= 0.3 is 0 Å². The molecule has 0 radical (unpaired) electrons. The van der Waals surface area contributed by atoms with Crippen LogP contribution >= 0.6 is 0 Å². The van der Waals surface area contributed by atoms with E-state index in [2.05, 4.69) is 10.3 Å². The van der Waals surface area contributed by atoms with Gasteiger partial charge in [-0.1, -0.05) is 30.3 Å². The Morgan fingerprint density at radius 2 is 1.93 bits per heavy atom. The molecular formula is C24H22FN3O2. The number of hydrogen-bond donors (Lipinski definition) is 1. The number of nitrogens with zero attached hydrogens (tertiary/aromatic N) is 2. The van der Waals surface area contributed by atoms with Crippen LogP contribution in [0.2, 0.25) is 0 Å². The van der Waals surface area contributed by atoms with Crippen molar-refractivity contribution in [1.29, 1.82) is 0 Å². The van der Waals surface area contributed by atoms with E-state index in [0.717, 1.165) is 5.56 Å². The molecule has 1 amide bonds. The number of rotatable bonds is 6. The van der Waals surface area contributed by atoms with Crippen LogP contribution < -0.4 is 10.1 Å². The minimum absolute atomic E-state index is 0.132. The standard InChI is InChI=1S/C24H22FN3O2/c1-24(2,27-23(29)17-10-12-28-13-11-26-22(28)14-17)19-7-5-8-20(15-19)30-16-18-6-3-4-9-21(18)25/h3-15H,16H2,1-2H3,(H,27,29). The Labute approximate surface area is 174 Å². The lowest BCUT2D eigenvalue weighted by Crippen LogP contribution is -2.41. The number of benzene rings is 2. The molecule has 0 aliphatic heterocycles. The predicted octanol–water partition coefficient (Wildman–Crippen LogP) is 4.72. The van der Waals surface area contributed by atoms with Crippen LogP contribution in [0.3, 0.4) is 0 Å². The van der Waals surface area contributed by atoms with Crippen LogP contribution in [0.15, 0.2) is 79.3 Å². The summed E-state index contributed by atoms with van der Waals surface area (Å²) in [6, 6.07) is 17.5. The number of carbonyl (C=O) groups excluding carboxylic acids is 1. The predicted molar refractivity (Wildman–Crippen MR) is 113 cm³/mol. The van der Waals surface area contributed by atoms with E-state index in [1.165, 1.54) is 6.07 Å². The zero-order chi connectivity index (χ0) is 21.1. The number of imidazole rings is 1. The van der Waals surface area contributed by atoms with Crippen molar-refractivity contribution >= 4 is 11.6 Å². The van der Waals surface area contributed by atoms with E-state index < -0.39 is 5.54 Å². The molecule has 4 aromatic rings. The largest absolute Gasteiger partial charge is 0.489 e. The molecule has 5 nitrogen and oxygen atoms in total. The first-order chi connectivity index (χ1) is 14.4. The third-order valence-corrected chi connectivity index (χ3v) is 4.99. The SMILES string of the molecule is CC(C)(NC(=O)c1ccn2ccnc2c1)c1cccc(OCc2ccccc2F)c1. The third kappa shape index (κ3) is 4.17. The minimum atomic E-state index is -0.643. The number of carbonyl (C=O) groups is 1. The average molecular weight is 403 g/mol. The van der Waals surface area contributed by atoms with Crippen LogP contribution in [0, 0.1) is 5.82 Å². The molecule has 0 unspecified atom stereocenters. The van der Waals surface area contributed by atoms with Gasteiger partial charge in [-0.15, -0.1) is 0 Å². The van der Waals surface area contributed by atoms with Crippen molar-refractivity contribution in [3.8, 4) is 5.75 Å². The third-order valence-electron chi connectivity index (χ3n) is 4.99. The first-order valence-electron chi connectivity index (χ1n) is 9.64. The molecule has 2 aromatic carbocycles. The number of hydrogen-bond acceptors (Lipinski definition) is 3. The van der Waals surface area contributed by atoms with E-state index in [4.69, 9.17) is 4.74 Å². The van der Waals surface area contributed by atoms with Crippen molar-refractivity contribution in [3.63, 3.8) is 0 Å². The molecule has 0 saturated carbocycles. The zero-order valence-corrected chi connectivity index (χ0v) is 16.8. The highest BCUT2D eigenvalue weighted by molar-refractivity contribution is 5.95. The first kappa shape index (κ1) is 19.6.